The molecule has 0 heterocycles. The Morgan fingerprint density at radius 2 is 1.14 bits per heavy atom. The van der Waals surface area contributed by atoms with Crippen LogP contribution in [-0.4, -0.2) is 34.3 Å². The largest absolute Gasteiger partial charge is 0.386 e. The molecule has 0 bridgehead atoms. The van der Waals surface area contributed by atoms with E-state index in [0.29, 0.717) is 0 Å². The van der Waals surface area contributed by atoms with Crippen molar-refractivity contribution in [2.75, 3.05) is 19.6 Å². The number of aliphatic hydroxyl groups is 2. The molecule has 22 heavy (non-hydrogen) atoms. The van der Waals surface area contributed by atoms with E-state index >= 15 is 0 Å². The number of rotatable bonds is 7. The molecule has 0 aliphatic carbocycles. The maximum absolute atomic E-state index is 10.4. The Morgan fingerprint density at radius 1 is 0.773 bits per heavy atom. The molecule has 0 unspecified atom stereocenters. The molecule has 0 radical (unpaired) electrons. The number of hydrogen-bond acceptors (Lipinski definition) is 2. The first kappa shape index (κ1) is 19.1. The average molecular weight is 308 g/mol. The van der Waals surface area contributed by atoms with E-state index in [4.69, 9.17) is 0 Å². The first-order valence-corrected chi connectivity index (χ1v) is 8.42. The van der Waals surface area contributed by atoms with E-state index in [1.807, 2.05) is 6.07 Å². The minimum Gasteiger partial charge on any atom is -0.386 e. The summed E-state index contributed by atoms with van der Waals surface area (Å²) in [6.07, 6.45) is 0. The Morgan fingerprint density at radius 3 is 1.41 bits per heavy atom. The summed E-state index contributed by atoms with van der Waals surface area (Å²) < 4.78 is 1.01. The third-order valence-electron chi connectivity index (χ3n) is 4.94. The van der Waals surface area contributed by atoms with Crippen LogP contribution in [0.2, 0.25) is 0 Å². The normalized spacial score (nSPS) is 13.5. The Hall–Kier alpha value is -0.900. The van der Waals surface area contributed by atoms with Gasteiger partial charge in [-0.25, -0.2) is 0 Å². The van der Waals surface area contributed by atoms with E-state index < -0.39 is 11.2 Å². The van der Waals surface area contributed by atoms with Gasteiger partial charge in [0.1, 0.15) is 6.54 Å². The summed E-state index contributed by atoms with van der Waals surface area (Å²) in [6.45, 7) is 18.0. The number of hydrogen-bond donors (Lipinski definition) is 2. The Bertz CT molecular complexity index is 451. The van der Waals surface area contributed by atoms with Gasteiger partial charge in [0.05, 0.1) is 30.8 Å². The Labute approximate surface area is 136 Å². The fourth-order valence-corrected chi connectivity index (χ4v) is 2.88. The van der Waals surface area contributed by atoms with Crippen LogP contribution in [0, 0.1) is 0 Å². The molecule has 1 rings (SSSR count). The van der Waals surface area contributed by atoms with Crippen molar-refractivity contribution in [2.24, 2.45) is 0 Å². The fourth-order valence-electron chi connectivity index (χ4n) is 2.88. The average Bonchev–Trinajstić information content (AvgIpc) is 2.43. The summed E-state index contributed by atoms with van der Waals surface area (Å²) >= 11 is 0. The molecule has 0 aliphatic heterocycles. The third kappa shape index (κ3) is 4.55. The molecule has 0 saturated carbocycles. The van der Waals surface area contributed by atoms with Crippen molar-refractivity contribution in [3.05, 3.63) is 34.9 Å². The summed E-state index contributed by atoms with van der Waals surface area (Å²) in [7, 11) is 0. The van der Waals surface area contributed by atoms with Crippen LogP contribution in [-0.2, 0) is 17.7 Å². The maximum atomic E-state index is 10.4. The minimum atomic E-state index is -0.906. The van der Waals surface area contributed by atoms with Gasteiger partial charge in [0.2, 0.25) is 0 Å². The van der Waals surface area contributed by atoms with Gasteiger partial charge in [-0.3, -0.25) is 0 Å². The van der Waals surface area contributed by atoms with Gasteiger partial charge < -0.3 is 14.7 Å². The highest BCUT2D eigenvalue weighted by molar-refractivity contribution is 5.35. The molecule has 0 fully saturated rings. The highest BCUT2D eigenvalue weighted by Gasteiger charge is 2.26. The van der Waals surface area contributed by atoms with Crippen molar-refractivity contribution < 1.29 is 14.7 Å². The molecule has 126 valence electrons. The van der Waals surface area contributed by atoms with Crippen LogP contribution in [0.25, 0.3) is 0 Å². The lowest BCUT2D eigenvalue weighted by atomic mass is 9.88. The lowest BCUT2D eigenvalue weighted by Crippen LogP contribution is -2.46. The molecule has 0 aliphatic rings. The smallest absolute Gasteiger partial charge is 0.104 e. The predicted octanol–water partition coefficient (Wildman–Crippen LogP) is 3.52. The van der Waals surface area contributed by atoms with Crippen LogP contribution in [0.15, 0.2) is 18.2 Å². The number of nitrogens with zero attached hydrogens (tertiary/aromatic N) is 1. The van der Waals surface area contributed by atoms with E-state index in [1.165, 1.54) is 5.56 Å². The fraction of sp³-hybridized carbons (Fsp3) is 0.684. The molecular weight excluding hydrogens is 274 g/mol. The van der Waals surface area contributed by atoms with E-state index in [9.17, 15) is 10.2 Å². The topological polar surface area (TPSA) is 40.5 Å². The van der Waals surface area contributed by atoms with Crippen molar-refractivity contribution in [1.29, 1.82) is 0 Å². The molecular formula is C19H34NO2+. The van der Waals surface area contributed by atoms with Crippen LogP contribution in [0.3, 0.4) is 0 Å². The highest BCUT2D eigenvalue weighted by Crippen LogP contribution is 2.29. The van der Waals surface area contributed by atoms with Gasteiger partial charge in [0.15, 0.2) is 0 Å². The summed E-state index contributed by atoms with van der Waals surface area (Å²) in [5.41, 5.74) is 1.10. The Kier molecular flexibility index (Phi) is 5.82. The molecule has 1 aromatic carbocycles. The zero-order valence-corrected chi connectivity index (χ0v) is 15.4. The first-order valence-electron chi connectivity index (χ1n) is 8.42. The van der Waals surface area contributed by atoms with Gasteiger partial charge in [-0.15, -0.1) is 0 Å². The van der Waals surface area contributed by atoms with Gasteiger partial charge in [0.25, 0.3) is 0 Å². The summed E-state index contributed by atoms with van der Waals surface area (Å²) in [4.78, 5) is 0. The lowest BCUT2D eigenvalue weighted by molar-refractivity contribution is -0.936. The SMILES string of the molecule is CC[N+](CC)(CC)Cc1cc(C(C)(C)O)cc(C(C)(C)O)c1. The van der Waals surface area contributed by atoms with Crippen LogP contribution in [0.4, 0.5) is 0 Å². The molecule has 0 spiro atoms. The molecule has 3 heteroatoms. The quantitative estimate of drug-likeness (QED) is 0.757. The van der Waals surface area contributed by atoms with Gasteiger partial charge in [-0.2, -0.15) is 0 Å². The second-order valence-corrected chi connectivity index (χ2v) is 7.49. The first-order chi connectivity index (χ1) is 9.97. The molecule has 0 saturated heterocycles. The minimum absolute atomic E-state index is 0.864. The number of quaternary nitrogens is 1. The maximum Gasteiger partial charge on any atom is 0.104 e. The molecule has 2 N–H and O–H groups in total. The summed E-state index contributed by atoms with van der Waals surface area (Å²) in [6, 6.07) is 6.09. The van der Waals surface area contributed by atoms with Gasteiger partial charge >= 0.3 is 0 Å². The van der Waals surface area contributed by atoms with Crippen LogP contribution < -0.4 is 0 Å². The zero-order chi connectivity index (χ0) is 17.2. The molecule has 0 amide bonds. The third-order valence-corrected chi connectivity index (χ3v) is 4.94. The molecule has 0 atom stereocenters. The van der Waals surface area contributed by atoms with Crippen molar-refractivity contribution in [2.45, 2.75) is 66.2 Å². The van der Waals surface area contributed by atoms with Crippen LogP contribution in [0.1, 0.15) is 65.2 Å². The standard InChI is InChI=1S/C19H34NO2/c1-8-20(9-2,10-3)14-15-11-16(18(4,5)21)13-17(12-15)19(6,7)22/h11-13,21-22H,8-10,14H2,1-7H3/q+1. The zero-order valence-electron chi connectivity index (χ0n) is 15.4. The second kappa shape index (κ2) is 6.69. The predicted molar refractivity (Wildman–Crippen MR) is 92.5 cm³/mol. The van der Waals surface area contributed by atoms with E-state index in [2.05, 4.69) is 32.9 Å². The van der Waals surface area contributed by atoms with Gasteiger partial charge in [-0.1, -0.05) is 6.07 Å². The lowest BCUT2D eigenvalue weighted by Gasteiger charge is -2.36. The van der Waals surface area contributed by atoms with Crippen molar-refractivity contribution >= 4 is 0 Å². The summed E-state index contributed by atoms with van der Waals surface area (Å²) in [5, 5.41) is 20.8. The second-order valence-electron chi connectivity index (χ2n) is 7.49. The van der Waals surface area contributed by atoms with Gasteiger partial charge in [-0.05, 0) is 71.7 Å². The van der Waals surface area contributed by atoms with E-state index in [0.717, 1.165) is 41.8 Å². The monoisotopic (exact) mass is 308 g/mol. The van der Waals surface area contributed by atoms with Crippen LogP contribution >= 0.6 is 0 Å². The van der Waals surface area contributed by atoms with Crippen molar-refractivity contribution in [1.82, 2.24) is 0 Å². The van der Waals surface area contributed by atoms with Crippen molar-refractivity contribution in [3.63, 3.8) is 0 Å². The van der Waals surface area contributed by atoms with E-state index in [-0.39, 0.29) is 0 Å². The van der Waals surface area contributed by atoms with Gasteiger partial charge in [0, 0.05) is 5.56 Å². The molecule has 3 nitrogen and oxygen atoms in total. The van der Waals surface area contributed by atoms with E-state index in [1.54, 1.807) is 27.7 Å². The highest BCUT2D eigenvalue weighted by atomic mass is 16.3. The van der Waals surface area contributed by atoms with Crippen LogP contribution in [0.5, 0.6) is 0 Å². The van der Waals surface area contributed by atoms with Crippen molar-refractivity contribution in [3.8, 4) is 0 Å². The Balaban J connectivity index is 3.36. The summed E-state index contributed by atoms with van der Waals surface area (Å²) in [5.74, 6) is 0. The molecule has 0 aromatic heterocycles. The molecule has 1 aromatic rings. The number of benzene rings is 1.